The van der Waals surface area contributed by atoms with E-state index in [1.807, 2.05) is 19.2 Å². The molecule has 4 heteroatoms. The van der Waals surface area contributed by atoms with Crippen molar-refractivity contribution < 1.29 is 9.52 Å². The Morgan fingerprint density at radius 2 is 2.06 bits per heavy atom. The van der Waals surface area contributed by atoms with Gasteiger partial charge in [0.15, 0.2) is 5.89 Å². The van der Waals surface area contributed by atoms with Crippen molar-refractivity contribution in [3.8, 4) is 5.75 Å². The summed E-state index contributed by atoms with van der Waals surface area (Å²) >= 11 is 0. The normalized spacial score (nSPS) is 10.6. The first kappa shape index (κ1) is 11.7. The standard InChI is InChI=1S/C13H16N2O2/c1-14-7-6-12-9-15-13(17-12)8-10-2-4-11(16)5-3-10/h2-5,9,14,16H,6-8H2,1H3. The number of hydrogen-bond acceptors (Lipinski definition) is 4. The highest BCUT2D eigenvalue weighted by atomic mass is 16.4. The van der Waals surface area contributed by atoms with E-state index < -0.39 is 0 Å². The maximum absolute atomic E-state index is 9.18. The topological polar surface area (TPSA) is 58.3 Å². The van der Waals surface area contributed by atoms with E-state index in [0.29, 0.717) is 12.3 Å². The van der Waals surface area contributed by atoms with Crippen molar-refractivity contribution in [2.45, 2.75) is 12.8 Å². The third-order valence-electron chi connectivity index (χ3n) is 2.51. The summed E-state index contributed by atoms with van der Waals surface area (Å²) < 4.78 is 5.61. The molecule has 90 valence electrons. The van der Waals surface area contributed by atoms with Crippen LogP contribution in [0, 0.1) is 0 Å². The zero-order valence-electron chi connectivity index (χ0n) is 9.81. The minimum atomic E-state index is 0.274. The highest BCUT2D eigenvalue weighted by Gasteiger charge is 2.04. The van der Waals surface area contributed by atoms with Crippen LogP contribution in [0.3, 0.4) is 0 Å². The van der Waals surface area contributed by atoms with Crippen LogP contribution >= 0.6 is 0 Å². The fourth-order valence-electron chi connectivity index (χ4n) is 1.58. The Kier molecular flexibility index (Phi) is 3.77. The lowest BCUT2D eigenvalue weighted by Crippen LogP contribution is -2.09. The molecule has 1 aromatic heterocycles. The number of rotatable bonds is 5. The molecule has 0 saturated carbocycles. The summed E-state index contributed by atoms with van der Waals surface area (Å²) in [7, 11) is 1.91. The number of likely N-dealkylation sites (N-methyl/N-ethyl adjacent to an activating group) is 1. The van der Waals surface area contributed by atoms with Crippen molar-refractivity contribution in [2.75, 3.05) is 13.6 Å². The summed E-state index contributed by atoms with van der Waals surface area (Å²) in [6.07, 6.45) is 3.27. The van der Waals surface area contributed by atoms with Gasteiger partial charge in [-0.15, -0.1) is 0 Å². The van der Waals surface area contributed by atoms with Crippen LogP contribution in [0.2, 0.25) is 0 Å². The first-order valence-electron chi connectivity index (χ1n) is 5.64. The Morgan fingerprint density at radius 3 is 2.76 bits per heavy atom. The largest absolute Gasteiger partial charge is 0.508 e. The SMILES string of the molecule is CNCCc1cnc(Cc2ccc(O)cc2)o1. The monoisotopic (exact) mass is 232 g/mol. The van der Waals surface area contributed by atoms with Crippen molar-refractivity contribution in [1.82, 2.24) is 10.3 Å². The van der Waals surface area contributed by atoms with Crippen LogP contribution in [-0.4, -0.2) is 23.7 Å². The van der Waals surface area contributed by atoms with E-state index in [1.165, 1.54) is 0 Å². The Balaban J connectivity index is 1.98. The molecule has 1 aromatic carbocycles. The van der Waals surface area contributed by atoms with Gasteiger partial charge < -0.3 is 14.8 Å². The quantitative estimate of drug-likeness (QED) is 0.824. The minimum Gasteiger partial charge on any atom is -0.508 e. The van der Waals surface area contributed by atoms with Gasteiger partial charge in [-0.1, -0.05) is 12.1 Å². The second-order valence-corrected chi connectivity index (χ2v) is 3.92. The van der Waals surface area contributed by atoms with Gasteiger partial charge in [-0.25, -0.2) is 4.98 Å². The maximum atomic E-state index is 9.18. The van der Waals surface area contributed by atoms with Crippen LogP contribution in [0.25, 0.3) is 0 Å². The molecule has 2 N–H and O–H groups in total. The summed E-state index contributed by atoms with van der Waals surface area (Å²) in [4.78, 5) is 4.23. The molecular weight excluding hydrogens is 216 g/mol. The van der Waals surface area contributed by atoms with E-state index in [1.54, 1.807) is 18.3 Å². The lowest BCUT2D eigenvalue weighted by atomic mass is 10.1. The van der Waals surface area contributed by atoms with E-state index in [0.717, 1.165) is 24.3 Å². The predicted octanol–water partition coefficient (Wildman–Crippen LogP) is 1.73. The lowest BCUT2D eigenvalue weighted by molar-refractivity contribution is 0.459. The van der Waals surface area contributed by atoms with Gasteiger partial charge in [-0.2, -0.15) is 0 Å². The molecule has 2 aromatic rings. The summed E-state index contributed by atoms with van der Waals surface area (Å²) in [5.74, 6) is 1.88. The van der Waals surface area contributed by atoms with Crippen LogP contribution in [0.4, 0.5) is 0 Å². The lowest BCUT2D eigenvalue weighted by Gasteiger charge is -1.98. The van der Waals surface area contributed by atoms with E-state index in [4.69, 9.17) is 4.42 Å². The molecule has 0 fully saturated rings. The van der Waals surface area contributed by atoms with E-state index in [9.17, 15) is 5.11 Å². The van der Waals surface area contributed by atoms with Crippen molar-refractivity contribution in [3.05, 3.63) is 47.7 Å². The van der Waals surface area contributed by atoms with Gasteiger partial charge in [-0.05, 0) is 24.7 Å². The molecule has 0 amide bonds. The fraction of sp³-hybridized carbons (Fsp3) is 0.308. The zero-order chi connectivity index (χ0) is 12.1. The minimum absolute atomic E-state index is 0.274. The molecule has 0 bridgehead atoms. The van der Waals surface area contributed by atoms with Crippen LogP contribution in [-0.2, 0) is 12.8 Å². The molecule has 1 heterocycles. The Bertz CT molecular complexity index is 463. The van der Waals surface area contributed by atoms with Gasteiger partial charge in [0.25, 0.3) is 0 Å². The maximum Gasteiger partial charge on any atom is 0.198 e. The fourth-order valence-corrected chi connectivity index (χ4v) is 1.58. The van der Waals surface area contributed by atoms with Crippen LogP contribution in [0.5, 0.6) is 5.75 Å². The number of hydrogen-bond donors (Lipinski definition) is 2. The van der Waals surface area contributed by atoms with Gasteiger partial charge in [0.05, 0.1) is 6.20 Å². The molecular formula is C13H16N2O2. The van der Waals surface area contributed by atoms with Crippen molar-refractivity contribution in [2.24, 2.45) is 0 Å². The van der Waals surface area contributed by atoms with Gasteiger partial charge in [-0.3, -0.25) is 0 Å². The molecule has 4 nitrogen and oxygen atoms in total. The number of nitrogens with one attached hydrogen (secondary N) is 1. The molecule has 0 radical (unpaired) electrons. The van der Waals surface area contributed by atoms with E-state index in [-0.39, 0.29) is 5.75 Å². The highest BCUT2D eigenvalue weighted by molar-refractivity contribution is 5.27. The number of nitrogens with zero attached hydrogens (tertiary/aromatic N) is 1. The summed E-state index contributed by atoms with van der Waals surface area (Å²) in [6, 6.07) is 7.07. The van der Waals surface area contributed by atoms with E-state index >= 15 is 0 Å². The van der Waals surface area contributed by atoms with Crippen molar-refractivity contribution >= 4 is 0 Å². The van der Waals surface area contributed by atoms with Crippen LogP contribution in [0.1, 0.15) is 17.2 Å². The van der Waals surface area contributed by atoms with Gasteiger partial charge in [0, 0.05) is 19.4 Å². The van der Waals surface area contributed by atoms with Gasteiger partial charge in [0.1, 0.15) is 11.5 Å². The number of phenolic OH excluding ortho intramolecular Hbond substituents is 1. The van der Waals surface area contributed by atoms with Crippen molar-refractivity contribution in [1.29, 1.82) is 0 Å². The van der Waals surface area contributed by atoms with Crippen LogP contribution < -0.4 is 5.32 Å². The third kappa shape index (κ3) is 3.32. The van der Waals surface area contributed by atoms with Crippen LogP contribution in [0.15, 0.2) is 34.9 Å². The number of aromatic nitrogens is 1. The second kappa shape index (κ2) is 5.50. The molecule has 2 rings (SSSR count). The number of oxazole rings is 1. The summed E-state index contributed by atoms with van der Waals surface area (Å²) in [5, 5.41) is 12.2. The Labute approximate surface area is 100 Å². The molecule has 0 saturated heterocycles. The molecule has 0 unspecified atom stereocenters. The smallest absolute Gasteiger partial charge is 0.198 e. The zero-order valence-corrected chi connectivity index (χ0v) is 9.81. The molecule has 0 aliphatic heterocycles. The molecule has 0 atom stereocenters. The first-order valence-corrected chi connectivity index (χ1v) is 5.64. The van der Waals surface area contributed by atoms with Gasteiger partial charge in [0.2, 0.25) is 0 Å². The highest BCUT2D eigenvalue weighted by Crippen LogP contribution is 2.14. The predicted molar refractivity (Wildman–Crippen MR) is 65.0 cm³/mol. The Hall–Kier alpha value is -1.81. The van der Waals surface area contributed by atoms with E-state index in [2.05, 4.69) is 10.3 Å². The summed E-state index contributed by atoms with van der Waals surface area (Å²) in [6.45, 7) is 0.883. The number of benzene rings is 1. The average molecular weight is 232 g/mol. The average Bonchev–Trinajstić information content (AvgIpc) is 2.77. The first-order chi connectivity index (χ1) is 8.28. The number of aromatic hydroxyl groups is 1. The second-order valence-electron chi connectivity index (χ2n) is 3.92. The summed E-state index contributed by atoms with van der Waals surface area (Å²) in [5.41, 5.74) is 1.07. The molecule has 0 aliphatic rings. The Morgan fingerprint density at radius 1 is 1.29 bits per heavy atom. The molecule has 0 aliphatic carbocycles. The van der Waals surface area contributed by atoms with Crippen molar-refractivity contribution in [3.63, 3.8) is 0 Å². The van der Waals surface area contributed by atoms with Gasteiger partial charge >= 0.3 is 0 Å². The molecule has 0 spiro atoms. The number of phenols is 1. The third-order valence-corrected chi connectivity index (χ3v) is 2.51. The molecule has 17 heavy (non-hydrogen) atoms.